The standard InChI is InChI=1S/C20H31N5O2S.HI/c1-21-20(23-12-15-28(26,27)24-16-17-6-4-7-17)22-11-5-13-25-14-10-18-8-2-3-9-19(18)25;/h2-3,8-10,14,17,24H,4-7,11-13,15-16H2,1H3,(H2,21,22,23);1H. The minimum absolute atomic E-state index is 0. The molecule has 0 unspecified atom stereocenters. The molecule has 3 rings (SSSR count). The molecule has 1 heterocycles. The Morgan fingerprint density at radius 3 is 2.66 bits per heavy atom. The van der Waals surface area contributed by atoms with Crippen molar-refractivity contribution in [1.29, 1.82) is 0 Å². The van der Waals surface area contributed by atoms with Crippen LogP contribution in [0.4, 0.5) is 0 Å². The van der Waals surface area contributed by atoms with Gasteiger partial charge in [-0.2, -0.15) is 0 Å². The van der Waals surface area contributed by atoms with Gasteiger partial charge in [-0.1, -0.05) is 24.6 Å². The Bertz CT molecular complexity index is 893. The monoisotopic (exact) mass is 533 g/mol. The van der Waals surface area contributed by atoms with Gasteiger partial charge in [0, 0.05) is 44.9 Å². The van der Waals surface area contributed by atoms with E-state index in [-0.39, 0.29) is 29.7 Å². The first kappa shape index (κ1) is 23.9. The Hall–Kier alpha value is -1.33. The zero-order valence-corrected chi connectivity index (χ0v) is 20.1. The lowest BCUT2D eigenvalue weighted by molar-refractivity contribution is 0.316. The molecule has 0 atom stereocenters. The number of nitrogens with zero attached hydrogens (tertiary/aromatic N) is 2. The number of aryl methyl sites for hydroxylation is 1. The van der Waals surface area contributed by atoms with Crippen molar-refractivity contribution in [2.45, 2.75) is 32.2 Å². The molecule has 1 aromatic carbocycles. The van der Waals surface area contributed by atoms with E-state index in [9.17, 15) is 8.42 Å². The number of para-hydroxylation sites is 1. The highest BCUT2D eigenvalue weighted by Gasteiger charge is 2.20. The molecule has 0 aliphatic heterocycles. The zero-order valence-electron chi connectivity index (χ0n) is 16.9. The smallest absolute Gasteiger partial charge is 0.213 e. The van der Waals surface area contributed by atoms with E-state index in [1.807, 2.05) is 6.07 Å². The highest BCUT2D eigenvalue weighted by Crippen LogP contribution is 2.25. The molecule has 1 aliphatic rings. The molecule has 1 fully saturated rings. The molecule has 9 heteroatoms. The van der Waals surface area contributed by atoms with Gasteiger partial charge in [0.2, 0.25) is 10.0 Å². The Kier molecular flexibility index (Phi) is 9.70. The zero-order chi connectivity index (χ0) is 19.8. The fraction of sp³-hybridized carbons (Fsp3) is 0.550. The molecule has 29 heavy (non-hydrogen) atoms. The second-order valence-corrected chi connectivity index (χ2v) is 9.24. The first-order valence-electron chi connectivity index (χ1n) is 10.0. The van der Waals surface area contributed by atoms with E-state index < -0.39 is 10.0 Å². The van der Waals surface area contributed by atoms with Crippen LogP contribution >= 0.6 is 24.0 Å². The van der Waals surface area contributed by atoms with Crippen molar-refractivity contribution < 1.29 is 8.42 Å². The Balaban J connectivity index is 0.00000300. The molecule has 2 aromatic rings. The van der Waals surface area contributed by atoms with Crippen LogP contribution in [0.3, 0.4) is 0 Å². The Labute approximate surface area is 190 Å². The van der Waals surface area contributed by atoms with Crippen LogP contribution in [0.2, 0.25) is 0 Å². The maximum atomic E-state index is 12.0. The largest absolute Gasteiger partial charge is 0.356 e. The van der Waals surface area contributed by atoms with Crippen LogP contribution in [-0.4, -0.2) is 51.4 Å². The first-order chi connectivity index (χ1) is 13.6. The quantitative estimate of drug-likeness (QED) is 0.190. The van der Waals surface area contributed by atoms with Gasteiger partial charge in [-0.05, 0) is 42.7 Å². The summed E-state index contributed by atoms with van der Waals surface area (Å²) in [6.07, 6.45) is 6.54. The van der Waals surface area contributed by atoms with E-state index in [0.29, 0.717) is 25.0 Å². The van der Waals surface area contributed by atoms with Crippen molar-refractivity contribution in [2.24, 2.45) is 10.9 Å². The third-order valence-electron chi connectivity index (χ3n) is 5.25. The maximum absolute atomic E-state index is 12.0. The maximum Gasteiger partial charge on any atom is 0.213 e. The lowest BCUT2D eigenvalue weighted by Crippen LogP contribution is -2.42. The summed E-state index contributed by atoms with van der Waals surface area (Å²) in [6, 6.07) is 10.5. The predicted octanol–water partition coefficient (Wildman–Crippen LogP) is 2.53. The van der Waals surface area contributed by atoms with Crippen molar-refractivity contribution in [1.82, 2.24) is 19.9 Å². The van der Waals surface area contributed by atoms with Crippen LogP contribution in [0.15, 0.2) is 41.5 Å². The average Bonchev–Trinajstić information content (AvgIpc) is 3.05. The summed E-state index contributed by atoms with van der Waals surface area (Å²) in [5.74, 6) is 1.21. The molecule has 7 nitrogen and oxygen atoms in total. The number of aromatic nitrogens is 1. The SMILES string of the molecule is CN=C(NCCCn1ccc2ccccc21)NCCS(=O)(=O)NCC1CCC1.I. The number of nitrogens with one attached hydrogen (secondary N) is 3. The molecule has 162 valence electrons. The number of hydrogen-bond acceptors (Lipinski definition) is 3. The van der Waals surface area contributed by atoms with Crippen LogP contribution < -0.4 is 15.4 Å². The van der Waals surface area contributed by atoms with E-state index in [1.165, 1.54) is 17.3 Å². The number of rotatable bonds is 10. The van der Waals surface area contributed by atoms with Gasteiger partial charge in [0.1, 0.15) is 0 Å². The predicted molar refractivity (Wildman–Crippen MR) is 130 cm³/mol. The highest BCUT2D eigenvalue weighted by atomic mass is 127. The molecule has 1 aliphatic carbocycles. The highest BCUT2D eigenvalue weighted by molar-refractivity contribution is 14.0. The summed E-state index contributed by atoms with van der Waals surface area (Å²) in [6.45, 7) is 2.58. The van der Waals surface area contributed by atoms with Crippen molar-refractivity contribution in [3.05, 3.63) is 36.5 Å². The van der Waals surface area contributed by atoms with Crippen molar-refractivity contribution in [2.75, 3.05) is 32.4 Å². The van der Waals surface area contributed by atoms with E-state index in [2.05, 4.69) is 55.4 Å². The number of halogens is 1. The van der Waals surface area contributed by atoms with Gasteiger partial charge in [-0.15, -0.1) is 24.0 Å². The number of aliphatic imine (C=N–C) groups is 1. The van der Waals surface area contributed by atoms with E-state index in [1.54, 1.807) is 7.05 Å². The fourth-order valence-corrected chi connectivity index (χ4v) is 4.33. The second-order valence-electron chi connectivity index (χ2n) is 7.31. The summed E-state index contributed by atoms with van der Waals surface area (Å²) in [5.41, 5.74) is 1.24. The fourth-order valence-electron chi connectivity index (χ4n) is 3.33. The van der Waals surface area contributed by atoms with E-state index >= 15 is 0 Å². The van der Waals surface area contributed by atoms with E-state index in [0.717, 1.165) is 32.4 Å². The van der Waals surface area contributed by atoms with Crippen LogP contribution in [-0.2, 0) is 16.6 Å². The van der Waals surface area contributed by atoms with E-state index in [4.69, 9.17) is 0 Å². The molecular weight excluding hydrogens is 501 g/mol. The summed E-state index contributed by atoms with van der Waals surface area (Å²) in [7, 11) is -1.54. The molecule has 0 bridgehead atoms. The summed E-state index contributed by atoms with van der Waals surface area (Å²) >= 11 is 0. The number of hydrogen-bond donors (Lipinski definition) is 3. The second kappa shape index (κ2) is 11.8. The van der Waals surface area contributed by atoms with Gasteiger partial charge in [-0.25, -0.2) is 13.1 Å². The Morgan fingerprint density at radius 1 is 1.17 bits per heavy atom. The summed E-state index contributed by atoms with van der Waals surface area (Å²) in [5, 5.41) is 7.57. The lowest BCUT2D eigenvalue weighted by Gasteiger charge is -2.25. The first-order valence-corrected chi connectivity index (χ1v) is 11.7. The van der Waals surface area contributed by atoms with Crippen LogP contribution in [0.1, 0.15) is 25.7 Å². The minimum Gasteiger partial charge on any atom is -0.356 e. The molecular formula is C20H32IN5O2S. The molecule has 0 amide bonds. The van der Waals surface area contributed by atoms with Gasteiger partial charge < -0.3 is 15.2 Å². The summed E-state index contributed by atoms with van der Waals surface area (Å²) in [4.78, 5) is 4.16. The molecule has 0 spiro atoms. The van der Waals surface area contributed by atoms with Gasteiger partial charge in [-0.3, -0.25) is 4.99 Å². The average molecular weight is 533 g/mol. The molecule has 0 saturated heterocycles. The molecule has 1 saturated carbocycles. The lowest BCUT2D eigenvalue weighted by atomic mass is 9.86. The van der Waals surface area contributed by atoms with Gasteiger partial charge >= 0.3 is 0 Å². The minimum atomic E-state index is -3.23. The van der Waals surface area contributed by atoms with Crippen LogP contribution in [0.5, 0.6) is 0 Å². The van der Waals surface area contributed by atoms with Crippen molar-refractivity contribution in [3.8, 4) is 0 Å². The number of sulfonamides is 1. The van der Waals surface area contributed by atoms with Crippen molar-refractivity contribution >= 4 is 50.9 Å². The topological polar surface area (TPSA) is 87.5 Å². The summed E-state index contributed by atoms with van der Waals surface area (Å²) < 4.78 is 29.0. The molecule has 1 aromatic heterocycles. The van der Waals surface area contributed by atoms with Gasteiger partial charge in [0.05, 0.1) is 5.75 Å². The third-order valence-corrected chi connectivity index (χ3v) is 6.60. The molecule has 3 N–H and O–H groups in total. The number of fused-ring (bicyclic) bond motifs is 1. The van der Waals surface area contributed by atoms with Gasteiger partial charge in [0.15, 0.2) is 5.96 Å². The van der Waals surface area contributed by atoms with Gasteiger partial charge in [0.25, 0.3) is 0 Å². The van der Waals surface area contributed by atoms with Crippen molar-refractivity contribution in [3.63, 3.8) is 0 Å². The van der Waals surface area contributed by atoms with Crippen LogP contribution in [0.25, 0.3) is 10.9 Å². The Morgan fingerprint density at radius 2 is 1.93 bits per heavy atom. The number of benzene rings is 1. The molecule has 0 radical (unpaired) electrons. The number of guanidine groups is 1. The third kappa shape index (κ3) is 7.45. The van der Waals surface area contributed by atoms with Crippen LogP contribution in [0, 0.1) is 5.92 Å². The normalized spacial score (nSPS) is 15.0.